The smallest absolute Gasteiger partial charge is 0.191 e. The second-order valence-electron chi connectivity index (χ2n) is 8.35. The van der Waals surface area contributed by atoms with Gasteiger partial charge in [0.15, 0.2) is 5.96 Å². The van der Waals surface area contributed by atoms with E-state index in [9.17, 15) is 0 Å². The molecule has 2 aliphatic rings. The summed E-state index contributed by atoms with van der Waals surface area (Å²) in [7, 11) is 1.80. The van der Waals surface area contributed by atoms with E-state index in [0.29, 0.717) is 6.54 Å². The van der Waals surface area contributed by atoms with Crippen molar-refractivity contribution in [1.29, 1.82) is 0 Å². The highest BCUT2D eigenvalue weighted by Gasteiger charge is 2.22. The Balaban J connectivity index is 1.23. The van der Waals surface area contributed by atoms with Gasteiger partial charge in [0.05, 0.1) is 19.8 Å². The molecule has 0 radical (unpaired) electrons. The van der Waals surface area contributed by atoms with Crippen molar-refractivity contribution in [3.05, 3.63) is 65.2 Å². The van der Waals surface area contributed by atoms with E-state index in [4.69, 9.17) is 9.47 Å². The lowest BCUT2D eigenvalue weighted by molar-refractivity contribution is 0.0342. The van der Waals surface area contributed by atoms with Gasteiger partial charge in [-0.2, -0.15) is 0 Å². The summed E-state index contributed by atoms with van der Waals surface area (Å²) in [6, 6.07) is 17.1. The first-order chi connectivity index (χ1) is 15.3. The predicted octanol–water partition coefficient (Wildman–Crippen LogP) is 3.17. The summed E-state index contributed by atoms with van der Waals surface area (Å²) in [5.41, 5.74) is 3.73. The SMILES string of the molecule is CN=C(NCc1ccc(CN2CCOCC2)cc1)NCc1ccccc1OCC1CC1. The van der Waals surface area contributed by atoms with E-state index in [1.807, 2.05) is 12.1 Å². The maximum Gasteiger partial charge on any atom is 0.191 e. The average molecular weight is 423 g/mol. The number of guanidine groups is 1. The molecule has 0 atom stereocenters. The number of nitrogens with one attached hydrogen (secondary N) is 2. The molecule has 0 aromatic heterocycles. The first-order valence-corrected chi connectivity index (χ1v) is 11.3. The Kier molecular flexibility index (Phi) is 7.80. The van der Waals surface area contributed by atoms with Crippen LogP contribution in [0.15, 0.2) is 53.5 Å². The lowest BCUT2D eigenvalue weighted by atomic mass is 10.1. The second-order valence-corrected chi connectivity index (χ2v) is 8.35. The molecule has 1 heterocycles. The molecule has 0 amide bonds. The molecule has 1 saturated carbocycles. The topological polar surface area (TPSA) is 58.1 Å². The molecule has 2 aromatic carbocycles. The minimum Gasteiger partial charge on any atom is -0.493 e. The molecule has 1 aliphatic carbocycles. The van der Waals surface area contributed by atoms with Crippen LogP contribution in [0.5, 0.6) is 5.75 Å². The van der Waals surface area contributed by atoms with Gasteiger partial charge in [-0.05, 0) is 36.0 Å². The fourth-order valence-electron chi connectivity index (χ4n) is 3.65. The summed E-state index contributed by atoms with van der Waals surface area (Å²) in [4.78, 5) is 6.80. The molecule has 2 aromatic rings. The van der Waals surface area contributed by atoms with Crippen molar-refractivity contribution >= 4 is 5.96 Å². The van der Waals surface area contributed by atoms with Crippen LogP contribution in [0.2, 0.25) is 0 Å². The van der Waals surface area contributed by atoms with Gasteiger partial charge in [-0.1, -0.05) is 42.5 Å². The first kappa shape index (κ1) is 21.7. The number of hydrogen-bond donors (Lipinski definition) is 2. The molecule has 4 rings (SSSR count). The van der Waals surface area contributed by atoms with Gasteiger partial charge < -0.3 is 20.1 Å². The van der Waals surface area contributed by atoms with E-state index < -0.39 is 0 Å². The summed E-state index contributed by atoms with van der Waals surface area (Å²) in [5, 5.41) is 6.81. The molecule has 0 spiro atoms. The Bertz CT molecular complexity index is 843. The van der Waals surface area contributed by atoms with E-state index in [1.54, 1.807) is 7.05 Å². The zero-order valence-electron chi connectivity index (χ0n) is 18.5. The van der Waals surface area contributed by atoms with Gasteiger partial charge in [-0.25, -0.2) is 0 Å². The number of rotatable bonds is 9. The molecule has 2 fully saturated rings. The molecule has 6 heteroatoms. The fraction of sp³-hybridized carbons (Fsp3) is 0.480. The third-order valence-corrected chi connectivity index (χ3v) is 5.81. The Labute approximate surface area is 185 Å². The molecule has 2 N–H and O–H groups in total. The third-order valence-electron chi connectivity index (χ3n) is 5.81. The van der Waals surface area contributed by atoms with Crippen molar-refractivity contribution < 1.29 is 9.47 Å². The molecule has 0 unspecified atom stereocenters. The minimum atomic E-state index is 0.680. The van der Waals surface area contributed by atoms with Gasteiger partial charge in [0.25, 0.3) is 0 Å². The maximum absolute atomic E-state index is 6.01. The molecular formula is C25H34N4O2. The van der Waals surface area contributed by atoms with Gasteiger partial charge >= 0.3 is 0 Å². The van der Waals surface area contributed by atoms with Crippen LogP contribution in [-0.4, -0.2) is 50.8 Å². The molecule has 31 heavy (non-hydrogen) atoms. The number of morpholine rings is 1. The van der Waals surface area contributed by atoms with Crippen molar-refractivity contribution in [3.63, 3.8) is 0 Å². The maximum atomic E-state index is 6.01. The van der Waals surface area contributed by atoms with Gasteiger partial charge in [-0.15, -0.1) is 0 Å². The monoisotopic (exact) mass is 422 g/mol. The van der Waals surface area contributed by atoms with E-state index in [2.05, 4.69) is 56.9 Å². The summed E-state index contributed by atoms with van der Waals surface area (Å²) >= 11 is 0. The number of aliphatic imine (C=N–C) groups is 1. The Morgan fingerprint density at radius 3 is 2.45 bits per heavy atom. The summed E-state index contributed by atoms with van der Waals surface area (Å²) in [6.45, 7) is 6.93. The molecule has 0 bridgehead atoms. The number of ether oxygens (including phenoxy) is 2. The van der Waals surface area contributed by atoms with Crippen LogP contribution < -0.4 is 15.4 Å². The van der Waals surface area contributed by atoms with Gasteiger partial charge in [0.2, 0.25) is 0 Å². The Morgan fingerprint density at radius 1 is 1.00 bits per heavy atom. The lowest BCUT2D eigenvalue weighted by Crippen LogP contribution is -2.36. The fourth-order valence-corrected chi connectivity index (χ4v) is 3.65. The highest BCUT2D eigenvalue weighted by atomic mass is 16.5. The Morgan fingerprint density at radius 2 is 1.71 bits per heavy atom. The van der Waals surface area contributed by atoms with Crippen LogP contribution in [0.3, 0.4) is 0 Å². The van der Waals surface area contributed by atoms with E-state index >= 15 is 0 Å². The van der Waals surface area contributed by atoms with Crippen LogP contribution in [0.1, 0.15) is 29.5 Å². The quantitative estimate of drug-likeness (QED) is 0.480. The molecule has 1 aliphatic heterocycles. The van der Waals surface area contributed by atoms with Crippen molar-refractivity contribution in [2.24, 2.45) is 10.9 Å². The van der Waals surface area contributed by atoms with Gasteiger partial charge in [0.1, 0.15) is 5.75 Å². The van der Waals surface area contributed by atoms with Gasteiger partial charge in [0, 0.05) is 45.3 Å². The van der Waals surface area contributed by atoms with Crippen LogP contribution in [0.4, 0.5) is 0 Å². The van der Waals surface area contributed by atoms with Crippen LogP contribution in [0, 0.1) is 5.92 Å². The normalized spacial score (nSPS) is 17.4. The van der Waals surface area contributed by atoms with Crippen molar-refractivity contribution in [1.82, 2.24) is 15.5 Å². The highest BCUT2D eigenvalue weighted by molar-refractivity contribution is 5.79. The first-order valence-electron chi connectivity index (χ1n) is 11.3. The van der Waals surface area contributed by atoms with Gasteiger partial charge in [-0.3, -0.25) is 9.89 Å². The van der Waals surface area contributed by atoms with E-state index in [0.717, 1.165) is 69.2 Å². The van der Waals surface area contributed by atoms with Crippen molar-refractivity contribution in [2.45, 2.75) is 32.5 Å². The number of nitrogens with zero attached hydrogens (tertiary/aromatic N) is 2. The Hall–Kier alpha value is -2.57. The second kappa shape index (κ2) is 11.2. The van der Waals surface area contributed by atoms with Crippen molar-refractivity contribution in [3.8, 4) is 5.75 Å². The summed E-state index contributed by atoms with van der Waals surface area (Å²) < 4.78 is 11.4. The zero-order chi connectivity index (χ0) is 21.3. The zero-order valence-corrected chi connectivity index (χ0v) is 18.5. The van der Waals surface area contributed by atoms with Crippen molar-refractivity contribution in [2.75, 3.05) is 40.0 Å². The molecular weight excluding hydrogens is 388 g/mol. The predicted molar refractivity (Wildman–Crippen MR) is 124 cm³/mol. The molecule has 1 saturated heterocycles. The van der Waals surface area contributed by atoms with Crippen LogP contribution in [0.25, 0.3) is 0 Å². The third kappa shape index (κ3) is 6.97. The molecule has 166 valence electrons. The molecule has 6 nitrogen and oxygen atoms in total. The average Bonchev–Trinajstić information content (AvgIpc) is 3.65. The highest BCUT2D eigenvalue weighted by Crippen LogP contribution is 2.30. The van der Waals surface area contributed by atoms with Crippen LogP contribution in [-0.2, 0) is 24.4 Å². The lowest BCUT2D eigenvalue weighted by Gasteiger charge is -2.26. The standard InChI is InChI=1S/C25H34N4O2/c1-26-25(28-17-23-4-2-3-5-24(23)31-19-22-10-11-22)27-16-20-6-8-21(9-7-20)18-29-12-14-30-15-13-29/h2-9,22H,10-19H2,1H3,(H2,26,27,28). The number of hydrogen-bond acceptors (Lipinski definition) is 4. The van der Waals surface area contributed by atoms with E-state index in [-0.39, 0.29) is 0 Å². The van der Waals surface area contributed by atoms with Crippen LogP contribution >= 0.6 is 0 Å². The number of para-hydroxylation sites is 1. The van der Waals surface area contributed by atoms with E-state index in [1.165, 1.54) is 24.0 Å². The summed E-state index contributed by atoms with van der Waals surface area (Å²) in [5.74, 6) is 2.50. The number of benzene rings is 2. The largest absolute Gasteiger partial charge is 0.493 e. The summed E-state index contributed by atoms with van der Waals surface area (Å²) in [6.07, 6.45) is 2.59. The minimum absolute atomic E-state index is 0.680.